The molecule has 1 fully saturated rings. The van der Waals surface area contributed by atoms with Crippen LogP contribution in [0.15, 0.2) is 36.4 Å². The summed E-state index contributed by atoms with van der Waals surface area (Å²) < 4.78 is 5.72. The summed E-state index contributed by atoms with van der Waals surface area (Å²) in [7, 11) is 0. The number of carboxylic acids is 1. The zero-order valence-corrected chi connectivity index (χ0v) is 17.2. The summed E-state index contributed by atoms with van der Waals surface area (Å²) in [5.74, 6) is -0.339. The van der Waals surface area contributed by atoms with Crippen LogP contribution in [-0.2, 0) is 11.4 Å². The number of carboxylic acid groups (broad SMARTS) is 1. The molecule has 2 aromatic rings. The zero-order valence-electron chi connectivity index (χ0n) is 16.4. The summed E-state index contributed by atoms with van der Waals surface area (Å²) in [5.41, 5.74) is 1.16. The molecule has 0 aliphatic carbocycles. The van der Waals surface area contributed by atoms with Gasteiger partial charge in [0.05, 0.1) is 23.0 Å². The molecule has 7 heteroatoms. The van der Waals surface area contributed by atoms with Crippen molar-refractivity contribution in [2.75, 3.05) is 6.54 Å². The van der Waals surface area contributed by atoms with Crippen molar-refractivity contribution in [1.29, 1.82) is 0 Å². The van der Waals surface area contributed by atoms with Crippen LogP contribution in [0.4, 0.5) is 0 Å². The number of carbonyl (C=O) groups excluding carboxylic acids is 1. The van der Waals surface area contributed by atoms with Gasteiger partial charge in [-0.1, -0.05) is 24.9 Å². The molecule has 154 valence electrons. The molecule has 1 atom stereocenters. The third-order valence-corrected chi connectivity index (χ3v) is 5.33. The molecule has 3 rings (SSSR count). The lowest BCUT2D eigenvalue weighted by atomic mass is 10.1. The van der Waals surface area contributed by atoms with Crippen molar-refractivity contribution >= 4 is 23.5 Å². The number of hydrogen-bond donors (Lipinski definition) is 1. The number of amides is 1. The predicted molar refractivity (Wildman–Crippen MR) is 110 cm³/mol. The molecule has 1 aromatic carbocycles. The summed E-state index contributed by atoms with van der Waals surface area (Å²) in [4.78, 5) is 30.7. The molecule has 29 heavy (non-hydrogen) atoms. The van der Waals surface area contributed by atoms with Crippen LogP contribution in [0.1, 0.15) is 66.8 Å². The molecule has 0 radical (unpaired) electrons. The molecule has 1 aromatic heterocycles. The van der Waals surface area contributed by atoms with Gasteiger partial charge in [0.15, 0.2) is 0 Å². The molecule has 6 nitrogen and oxygen atoms in total. The molecule has 0 spiro atoms. The fourth-order valence-corrected chi connectivity index (χ4v) is 3.66. The average Bonchev–Trinajstić information content (AvgIpc) is 3.21. The van der Waals surface area contributed by atoms with Gasteiger partial charge in [-0.2, -0.15) is 0 Å². The van der Waals surface area contributed by atoms with E-state index in [1.54, 1.807) is 36.4 Å². The average molecular weight is 417 g/mol. The third-order valence-electron chi connectivity index (χ3n) is 5.07. The number of benzene rings is 1. The van der Waals surface area contributed by atoms with Crippen LogP contribution in [0.2, 0.25) is 5.02 Å². The maximum atomic E-state index is 12.6. The molecule has 1 aliphatic rings. The van der Waals surface area contributed by atoms with Gasteiger partial charge in [-0.25, -0.2) is 4.79 Å². The van der Waals surface area contributed by atoms with Crippen LogP contribution >= 0.6 is 11.6 Å². The van der Waals surface area contributed by atoms with Crippen molar-refractivity contribution in [3.05, 3.63) is 58.4 Å². The number of nitrogens with zero attached hydrogens (tertiary/aromatic N) is 2. The fourth-order valence-electron chi connectivity index (χ4n) is 3.54. The second-order valence-corrected chi connectivity index (χ2v) is 7.56. The van der Waals surface area contributed by atoms with E-state index in [1.165, 1.54) is 0 Å². The standard InChI is InChI=1S/C22H25ClN2O4/c1-2-3-6-21(26)25-13-4-5-20(25)18-12-11-17(22(27)28)19(24-18)14-29-16-9-7-15(23)8-10-16/h7-12,20H,2-6,13-14H2,1H3,(H,27,28)/t20-/m0/s1. The number of unbranched alkanes of at least 4 members (excludes halogenated alkanes) is 1. The summed E-state index contributed by atoms with van der Waals surface area (Å²) >= 11 is 5.88. The number of likely N-dealkylation sites (tertiary alicyclic amines) is 1. The van der Waals surface area contributed by atoms with Crippen molar-refractivity contribution < 1.29 is 19.4 Å². The first-order chi connectivity index (χ1) is 14.0. The molecule has 2 heterocycles. The smallest absolute Gasteiger partial charge is 0.337 e. The van der Waals surface area contributed by atoms with Gasteiger partial charge in [-0.15, -0.1) is 0 Å². The quantitative estimate of drug-likeness (QED) is 0.664. The number of aromatic nitrogens is 1. The predicted octanol–water partition coefficient (Wildman–Crippen LogP) is 4.87. The van der Waals surface area contributed by atoms with Gasteiger partial charge in [0.25, 0.3) is 0 Å². The van der Waals surface area contributed by atoms with Crippen LogP contribution in [0.25, 0.3) is 0 Å². The van der Waals surface area contributed by atoms with Gasteiger partial charge in [-0.3, -0.25) is 9.78 Å². The summed E-state index contributed by atoms with van der Waals surface area (Å²) in [5, 5.41) is 10.1. The molecule has 1 saturated heterocycles. The molecule has 0 unspecified atom stereocenters. The maximum Gasteiger partial charge on any atom is 0.337 e. The molecular formula is C22H25ClN2O4. The number of carbonyl (C=O) groups is 2. The van der Waals surface area contributed by atoms with Gasteiger partial charge in [0.2, 0.25) is 5.91 Å². The van der Waals surface area contributed by atoms with Gasteiger partial charge in [-0.05, 0) is 55.7 Å². The van der Waals surface area contributed by atoms with Crippen molar-refractivity contribution in [2.24, 2.45) is 0 Å². The van der Waals surface area contributed by atoms with Crippen LogP contribution in [0.5, 0.6) is 5.75 Å². The highest BCUT2D eigenvalue weighted by Crippen LogP contribution is 2.32. The Balaban J connectivity index is 1.81. The van der Waals surface area contributed by atoms with E-state index in [9.17, 15) is 14.7 Å². The van der Waals surface area contributed by atoms with E-state index < -0.39 is 5.97 Å². The first-order valence-electron chi connectivity index (χ1n) is 9.90. The van der Waals surface area contributed by atoms with Gasteiger partial charge >= 0.3 is 5.97 Å². The first kappa shape index (κ1) is 21.1. The zero-order chi connectivity index (χ0) is 20.8. The highest BCUT2D eigenvalue weighted by atomic mass is 35.5. The van der Waals surface area contributed by atoms with Gasteiger partial charge < -0.3 is 14.7 Å². The third kappa shape index (κ3) is 5.26. The van der Waals surface area contributed by atoms with Crippen LogP contribution < -0.4 is 4.74 Å². The van der Waals surface area contributed by atoms with E-state index in [0.29, 0.717) is 35.1 Å². The first-order valence-corrected chi connectivity index (χ1v) is 10.3. The number of aromatic carboxylic acids is 1. The highest BCUT2D eigenvalue weighted by Gasteiger charge is 2.31. The Morgan fingerprint density at radius 2 is 2.00 bits per heavy atom. The lowest BCUT2D eigenvalue weighted by Gasteiger charge is -2.25. The van der Waals surface area contributed by atoms with E-state index in [-0.39, 0.29) is 24.1 Å². The van der Waals surface area contributed by atoms with Crippen molar-refractivity contribution in [1.82, 2.24) is 9.88 Å². The number of hydrogen-bond acceptors (Lipinski definition) is 4. The number of ether oxygens (including phenoxy) is 1. The summed E-state index contributed by atoms with van der Waals surface area (Å²) in [6.45, 7) is 2.80. The van der Waals surface area contributed by atoms with E-state index in [0.717, 1.165) is 25.7 Å². The monoisotopic (exact) mass is 416 g/mol. The number of rotatable bonds is 8. The Morgan fingerprint density at radius 3 is 2.69 bits per heavy atom. The minimum Gasteiger partial charge on any atom is -0.487 e. The molecule has 1 amide bonds. The van der Waals surface area contributed by atoms with Crippen molar-refractivity contribution in [2.45, 2.75) is 51.7 Å². The highest BCUT2D eigenvalue weighted by molar-refractivity contribution is 6.30. The van der Waals surface area contributed by atoms with Gasteiger partial charge in [0, 0.05) is 18.0 Å². The normalized spacial score (nSPS) is 16.1. The Morgan fingerprint density at radius 1 is 1.24 bits per heavy atom. The molecule has 1 aliphatic heterocycles. The Kier molecular flexibility index (Phi) is 7.09. The summed E-state index contributed by atoms with van der Waals surface area (Å²) in [6.07, 6.45) is 4.12. The second kappa shape index (κ2) is 9.74. The second-order valence-electron chi connectivity index (χ2n) is 7.13. The summed E-state index contributed by atoms with van der Waals surface area (Å²) in [6, 6.07) is 10.0. The van der Waals surface area contributed by atoms with E-state index in [1.807, 2.05) is 4.90 Å². The van der Waals surface area contributed by atoms with Crippen molar-refractivity contribution in [3.8, 4) is 5.75 Å². The fraction of sp³-hybridized carbons (Fsp3) is 0.409. The van der Waals surface area contributed by atoms with E-state index >= 15 is 0 Å². The number of halogens is 1. The number of pyridine rings is 1. The van der Waals surface area contributed by atoms with Crippen molar-refractivity contribution in [3.63, 3.8) is 0 Å². The minimum absolute atomic E-state index is 0.0214. The lowest BCUT2D eigenvalue weighted by Crippen LogP contribution is -2.31. The van der Waals surface area contributed by atoms with Crippen LogP contribution in [0.3, 0.4) is 0 Å². The maximum absolute atomic E-state index is 12.6. The Hall–Kier alpha value is -2.60. The van der Waals surface area contributed by atoms with Gasteiger partial charge in [0.1, 0.15) is 12.4 Å². The topological polar surface area (TPSA) is 79.7 Å². The molecule has 0 bridgehead atoms. The largest absolute Gasteiger partial charge is 0.487 e. The van der Waals surface area contributed by atoms with Crippen LogP contribution in [-0.4, -0.2) is 33.4 Å². The van der Waals surface area contributed by atoms with Crippen LogP contribution in [0, 0.1) is 0 Å². The van der Waals surface area contributed by atoms with E-state index in [4.69, 9.17) is 16.3 Å². The molecule has 0 saturated carbocycles. The molecule has 1 N–H and O–H groups in total. The minimum atomic E-state index is -1.05. The van der Waals surface area contributed by atoms with E-state index in [2.05, 4.69) is 11.9 Å². The Labute approximate surface area is 175 Å². The Bertz CT molecular complexity index is 870. The SMILES string of the molecule is CCCCC(=O)N1CCC[C@H]1c1ccc(C(=O)O)c(COc2ccc(Cl)cc2)n1. The lowest BCUT2D eigenvalue weighted by molar-refractivity contribution is -0.132. The molecular weight excluding hydrogens is 392 g/mol.